The first-order valence-corrected chi connectivity index (χ1v) is 8.58. The number of pyridine rings is 1. The second kappa shape index (κ2) is 7.23. The second-order valence-electron chi connectivity index (χ2n) is 7.15. The van der Waals surface area contributed by atoms with Crippen LogP contribution in [-0.2, 0) is 6.42 Å². The van der Waals surface area contributed by atoms with E-state index in [1.165, 1.54) is 0 Å². The van der Waals surface area contributed by atoms with Gasteiger partial charge >= 0.3 is 0 Å². The van der Waals surface area contributed by atoms with Gasteiger partial charge in [-0.25, -0.2) is 0 Å². The van der Waals surface area contributed by atoms with Gasteiger partial charge in [0.15, 0.2) is 0 Å². The number of carbonyl (C=O) groups excluding carboxylic acids is 1. The van der Waals surface area contributed by atoms with Gasteiger partial charge in [-0.05, 0) is 56.5 Å². The minimum absolute atomic E-state index is 0.0199. The normalized spacial score (nSPS) is 14.9. The average Bonchev–Trinajstić information content (AvgIpc) is 2.56. The Hall–Kier alpha value is -2.40. The molecular formula is C20H24N2O3. The molecule has 2 heterocycles. The molecule has 2 aromatic rings. The molecule has 1 amide bonds. The van der Waals surface area contributed by atoms with E-state index in [1.54, 1.807) is 31.1 Å². The summed E-state index contributed by atoms with van der Waals surface area (Å²) in [5.41, 5.74) is 1.05. The van der Waals surface area contributed by atoms with E-state index >= 15 is 0 Å². The molecule has 0 aliphatic carbocycles. The molecule has 1 N–H and O–H groups in total. The fourth-order valence-electron chi connectivity index (χ4n) is 2.78. The Kier molecular flexibility index (Phi) is 5.04. The Morgan fingerprint density at radius 2 is 2.12 bits per heavy atom. The van der Waals surface area contributed by atoms with Crippen LogP contribution in [0.3, 0.4) is 0 Å². The van der Waals surface area contributed by atoms with Crippen molar-refractivity contribution in [1.82, 2.24) is 9.88 Å². The quantitative estimate of drug-likeness (QED) is 0.878. The maximum absolute atomic E-state index is 12.6. The predicted molar refractivity (Wildman–Crippen MR) is 95.6 cm³/mol. The first kappa shape index (κ1) is 17.4. The van der Waals surface area contributed by atoms with Gasteiger partial charge in [0.2, 0.25) is 0 Å². The van der Waals surface area contributed by atoms with E-state index in [0.717, 1.165) is 17.7 Å². The lowest BCUT2D eigenvalue weighted by Crippen LogP contribution is -2.56. The highest BCUT2D eigenvalue weighted by atomic mass is 16.5. The van der Waals surface area contributed by atoms with Gasteiger partial charge < -0.3 is 14.7 Å². The van der Waals surface area contributed by atoms with Crippen molar-refractivity contribution in [2.75, 3.05) is 13.1 Å². The van der Waals surface area contributed by atoms with Crippen LogP contribution in [0.15, 0.2) is 48.8 Å². The summed E-state index contributed by atoms with van der Waals surface area (Å²) in [4.78, 5) is 18.4. The van der Waals surface area contributed by atoms with E-state index in [2.05, 4.69) is 4.98 Å². The molecule has 1 aliphatic heterocycles. The SMILES string of the molecule is CC(C)(O)CCc1cccc(C(=O)N2CC(Oc3cccnc3)C2)c1. The zero-order valence-corrected chi connectivity index (χ0v) is 14.7. The van der Waals surface area contributed by atoms with Gasteiger partial charge in [-0.3, -0.25) is 9.78 Å². The molecular weight excluding hydrogens is 316 g/mol. The lowest BCUT2D eigenvalue weighted by molar-refractivity contribution is 0.0176. The van der Waals surface area contributed by atoms with E-state index in [-0.39, 0.29) is 12.0 Å². The molecule has 1 fully saturated rings. The molecule has 0 unspecified atom stereocenters. The topological polar surface area (TPSA) is 62.7 Å². The Labute approximate surface area is 148 Å². The van der Waals surface area contributed by atoms with E-state index in [9.17, 15) is 9.90 Å². The Morgan fingerprint density at radius 3 is 2.80 bits per heavy atom. The summed E-state index contributed by atoms with van der Waals surface area (Å²) in [5.74, 6) is 0.754. The number of ether oxygens (including phenoxy) is 1. The largest absolute Gasteiger partial charge is 0.485 e. The lowest BCUT2D eigenvalue weighted by atomic mass is 9.97. The third-order valence-corrected chi connectivity index (χ3v) is 4.27. The lowest BCUT2D eigenvalue weighted by Gasteiger charge is -2.39. The number of aromatic nitrogens is 1. The number of benzene rings is 1. The highest BCUT2D eigenvalue weighted by Gasteiger charge is 2.32. The van der Waals surface area contributed by atoms with Crippen LogP contribution in [0.4, 0.5) is 0 Å². The van der Waals surface area contributed by atoms with Gasteiger partial charge in [0, 0.05) is 11.8 Å². The average molecular weight is 340 g/mol. The van der Waals surface area contributed by atoms with Gasteiger partial charge in [0.05, 0.1) is 24.9 Å². The number of hydrogen-bond donors (Lipinski definition) is 1. The summed E-state index contributed by atoms with van der Waals surface area (Å²) in [6, 6.07) is 11.3. The molecule has 5 heteroatoms. The highest BCUT2D eigenvalue weighted by molar-refractivity contribution is 5.95. The Morgan fingerprint density at radius 1 is 1.32 bits per heavy atom. The van der Waals surface area contributed by atoms with E-state index in [4.69, 9.17) is 4.74 Å². The monoisotopic (exact) mass is 340 g/mol. The smallest absolute Gasteiger partial charge is 0.254 e. The number of aliphatic hydroxyl groups is 1. The van der Waals surface area contributed by atoms with Crippen LogP contribution in [0.25, 0.3) is 0 Å². The zero-order chi connectivity index (χ0) is 17.9. The molecule has 0 atom stereocenters. The first-order valence-electron chi connectivity index (χ1n) is 8.58. The zero-order valence-electron chi connectivity index (χ0n) is 14.7. The number of aryl methyl sites for hydroxylation is 1. The van der Waals surface area contributed by atoms with Crippen molar-refractivity contribution in [3.05, 3.63) is 59.9 Å². The van der Waals surface area contributed by atoms with Crippen LogP contribution in [0.1, 0.15) is 36.2 Å². The molecule has 0 saturated carbocycles. The van der Waals surface area contributed by atoms with Crippen LogP contribution < -0.4 is 4.74 Å². The van der Waals surface area contributed by atoms with Crippen LogP contribution in [0.2, 0.25) is 0 Å². The molecule has 3 rings (SSSR count). The third kappa shape index (κ3) is 4.79. The number of carbonyl (C=O) groups is 1. The summed E-state index contributed by atoms with van der Waals surface area (Å²) in [5, 5.41) is 9.85. The van der Waals surface area contributed by atoms with Gasteiger partial charge in [0.1, 0.15) is 11.9 Å². The number of rotatable bonds is 6. The first-order chi connectivity index (χ1) is 11.9. The van der Waals surface area contributed by atoms with Crippen molar-refractivity contribution < 1.29 is 14.6 Å². The van der Waals surface area contributed by atoms with Crippen molar-refractivity contribution in [2.24, 2.45) is 0 Å². The van der Waals surface area contributed by atoms with Crippen LogP contribution in [0.5, 0.6) is 5.75 Å². The molecule has 1 saturated heterocycles. The molecule has 25 heavy (non-hydrogen) atoms. The maximum Gasteiger partial charge on any atom is 0.254 e. The summed E-state index contributed by atoms with van der Waals surface area (Å²) in [6.45, 7) is 4.76. The van der Waals surface area contributed by atoms with Crippen LogP contribution >= 0.6 is 0 Å². The van der Waals surface area contributed by atoms with E-state index in [0.29, 0.717) is 25.1 Å². The van der Waals surface area contributed by atoms with Gasteiger partial charge in [-0.15, -0.1) is 0 Å². The van der Waals surface area contributed by atoms with Gasteiger partial charge in [0.25, 0.3) is 5.91 Å². The summed E-state index contributed by atoms with van der Waals surface area (Å²) >= 11 is 0. The van der Waals surface area contributed by atoms with Gasteiger partial charge in [-0.1, -0.05) is 12.1 Å². The fourth-order valence-corrected chi connectivity index (χ4v) is 2.78. The molecule has 1 aromatic carbocycles. The molecule has 1 aromatic heterocycles. The second-order valence-corrected chi connectivity index (χ2v) is 7.15. The van der Waals surface area contributed by atoms with Crippen LogP contribution in [-0.4, -0.2) is 45.7 Å². The molecule has 0 bridgehead atoms. The third-order valence-electron chi connectivity index (χ3n) is 4.27. The van der Waals surface area contributed by atoms with E-state index < -0.39 is 5.60 Å². The maximum atomic E-state index is 12.6. The number of amides is 1. The van der Waals surface area contributed by atoms with Crippen molar-refractivity contribution >= 4 is 5.91 Å². The van der Waals surface area contributed by atoms with Crippen LogP contribution in [0, 0.1) is 0 Å². The summed E-state index contributed by atoms with van der Waals surface area (Å²) in [6.07, 6.45) is 4.81. The van der Waals surface area contributed by atoms with Crippen molar-refractivity contribution in [1.29, 1.82) is 0 Å². The standard InChI is InChI=1S/C20H24N2O3/c1-20(2,24)9-8-15-5-3-6-16(11-15)19(23)22-13-18(14-22)25-17-7-4-10-21-12-17/h3-7,10-12,18,24H,8-9,13-14H2,1-2H3. The van der Waals surface area contributed by atoms with Crippen molar-refractivity contribution in [2.45, 2.75) is 38.4 Å². The molecule has 5 nitrogen and oxygen atoms in total. The minimum atomic E-state index is -0.700. The van der Waals surface area contributed by atoms with Crippen molar-refractivity contribution in [3.63, 3.8) is 0 Å². The molecule has 0 spiro atoms. The molecule has 132 valence electrons. The number of likely N-dealkylation sites (tertiary alicyclic amines) is 1. The Bertz CT molecular complexity index is 719. The predicted octanol–water partition coefficient (Wildman–Crippen LogP) is 2.69. The Balaban J connectivity index is 1.54. The number of nitrogens with zero attached hydrogens (tertiary/aromatic N) is 2. The molecule has 1 aliphatic rings. The molecule has 0 radical (unpaired) electrons. The summed E-state index contributed by atoms with van der Waals surface area (Å²) in [7, 11) is 0. The van der Waals surface area contributed by atoms with E-state index in [1.807, 2.05) is 36.4 Å². The highest BCUT2D eigenvalue weighted by Crippen LogP contribution is 2.20. The number of hydrogen-bond acceptors (Lipinski definition) is 4. The minimum Gasteiger partial charge on any atom is -0.485 e. The van der Waals surface area contributed by atoms with Gasteiger partial charge in [-0.2, -0.15) is 0 Å². The van der Waals surface area contributed by atoms with Crippen molar-refractivity contribution in [3.8, 4) is 5.75 Å². The fraction of sp³-hybridized carbons (Fsp3) is 0.400. The summed E-state index contributed by atoms with van der Waals surface area (Å²) < 4.78 is 5.78.